The lowest BCUT2D eigenvalue weighted by Gasteiger charge is -2.20. The van der Waals surface area contributed by atoms with Crippen LogP contribution in [0.15, 0.2) is 59.2 Å². The minimum absolute atomic E-state index is 0.0944. The van der Waals surface area contributed by atoms with Crippen molar-refractivity contribution >= 4 is 11.9 Å². The SMILES string of the molecule is C=C(C)CN(CC)C(=O)COC(=O)c1occc1-c1ccccc1. The Kier molecular flexibility index (Phi) is 5.95. The smallest absolute Gasteiger partial charge is 0.375 e. The summed E-state index contributed by atoms with van der Waals surface area (Å²) in [7, 11) is 0. The maximum Gasteiger partial charge on any atom is 0.375 e. The van der Waals surface area contributed by atoms with Crippen LogP contribution in [0.5, 0.6) is 0 Å². The molecule has 0 fully saturated rings. The molecular formula is C19H21NO4. The predicted octanol–water partition coefficient (Wildman–Crippen LogP) is 3.53. The third-order valence-corrected chi connectivity index (χ3v) is 3.46. The number of furan rings is 1. The molecule has 0 aliphatic rings. The largest absolute Gasteiger partial charge is 0.457 e. The van der Waals surface area contributed by atoms with Crippen molar-refractivity contribution in [2.75, 3.05) is 19.7 Å². The minimum Gasteiger partial charge on any atom is -0.457 e. The Morgan fingerprint density at radius 1 is 1.21 bits per heavy atom. The van der Waals surface area contributed by atoms with Crippen molar-refractivity contribution < 1.29 is 18.7 Å². The first-order valence-corrected chi connectivity index (χ1v) is 7.75. The molecular weight excluding hydrogens is 306 g/mol. The molecule has 0 aliphatic heterocycles. The Balaban J connectivity index is 2.03. The molecule has 0 radical (unpaired) electrons. The number of carbonyl (C=O) groups is 2. The molecule has 2 aromatic rings. The van der Waals surface area contributed by atoms with Gasteiger partial charge in [-0.25, -0.2) is 4.79 Å². The zero-order valence-corrected chi connectivity index (χ0v) is 14.0. The Hall–Kier alpha value is -2.82. The van der Waals surface area contributed by atoms with Gasteiger partial charge in [-0.2, -0.15) is 0 Å². The minimum atomic E-state index is -0.654. The van der Waals surface area contributed by atoms with Crippen LogP contribution in [0, 0.1) is 0 Å². The molecule has 0 saturated carbocycles. The summed E-state index contributed by atoms with van der Waals surface area (Å²) in [4.78, 5) is 25.9. The molecule has 1 amide bonds. The molecule has 5 heteroatoms. The van der Waals surface area contributed by atoms with Gasteiger partial charge in [0.25, 0.3) is 5.91 Å². The number of amides is 1. The molecule has 24 heavy (non-hydrogen) atoms. The van der Waals surface area contributed by atoms with E-state index < -0.39 is 5.97 Å². The third-order valence-electron chi connectivity index (χ3n) is 3.46. The molecule has 1 heterocycles. The van der Waals surface area contributed by atoms with Gasteiger partial charge in [-0.15, -0.1) is 0 Å². The average molecular weight is 327 g/mol. The second kappa shape index (κ2) is 8.15. The third kappa shape index (κ3) is 4.35. The molecule has 0 saturated heterocycles. The first kappa shape index (κ1) is 17.5. The van der Waals surface area contributed by atoms with Crippen molar-refractivity contribution in [3.8, 4) is 11.1 Å². The molecule has 0 spiro atoms. The zero-order chi connectivity index (χ0) is 17.5. The van der Waals surface area contributed by atoms with E-state index in [0.717, 1.165) is 11.1 Å². The van der Waals surface area contributed by atoms with Crippen LogP contribution in [0.2, 0.25) is 0 Å². The van der Waals surface area contributed by atoms with E-state index >= 15 is 0 Å². The fourth-order valence-corrected chi connectivity index (χ4v) is 2.30. The van der Waals surface area contributed by atoms with Crippen molar-refractivity contribution in [1.29, 1.82) is 0 Å². The fraction of sp³-hybridized carbons (Fsp3) is 0.263. The highest BCUT2D eigenvalue weighted by Crippen LogP contribution is 2.25. The van der Waals surface area contributed by atoms with Gasteiger partial charge in [0.1, 0.15) is 0 Å². The summed E-state index contributed by atoms with van der Waals surface area (Å²) in [6.07, 6.45) is 1.43. The van der Waals surface area contributed by atoms with Crippen LogP contribution < -0.4 is 0 Å². The highest BCUT2D eigenvalue weighted by atomic mass is 16.5. The lowest BCUT2D eigenvalue weighted by Crippen LogP contribution is -2.35. The van der Waals surface area contributed by atoms with Crippen LogP contribution in [-0.4, -0.2) is 36.5 Å². The van der Waals surface area contributed by atoms with Crippen molar-refractivity contribution in [2.45, 2.75) is 13.8 Å². The summed E-state index contributed by atoms with van der Waals surface area (Å²) in [5.41, 5.74) is 2.36. The second-order valence-electron chi connectivity index (χ2n) is 5.47. The van der Waals surface area contributed by atoms with Gasteiger partial charge >= 0.3 is 5.97 Å². The number of esters is 1. The van der Waals surface area contributed by atoms with E-state index in [4.69, 9.17) is 9.15 Å². The van der Waals surface area contributed by atoms with Gasteiger partial charge in [0.05, 0.1) is 6.26 Å². The highest BCUT2D eigenvalue weighted by Gasteiger charge is 2.20. The topological polar surface area (TPSA) is 59.8 Å². The van der Waals surface area contributed by atoms with Gasteiger partial charge in [-0.05, 0) is 25.5 Å². The summed E-state index contributed by atoms with van der Waals surface area (Å²) in [6, 6.07) is 11.1. The first-order valence-electron chi connectivity index (χ1n) is 7.75. The predicted molar refractivity (Wildman–Crippen MR) is 91.5 cm³/mol. The monoisotopic (exact) mass is 327 g/mol. The molecule has 0 aliphatic carbocycles. The van der Waals surface area contributed by atoms with Crippen molar-refractivity contribution in [1.82, 2.24) is 4.90 Å². The van der Waals surface area contributed by atoms with E-state index in [-0.39, 0.29) is 18.3 Å². The highest BCUT2D eigenvalue weighted by molar-refractivity contribution is 5.95. The van der Waals surface area contributed by atoms with Crippen LogP contribution in [0.1, 0.15) is 24.4 Å². The molecule has 5 nitrogen and oxygen atoms in total. The Labute approximate surface area is 141 Å². The van der Waals surface area contributed by atoms with Crippen LogP contribution in [0.25, 0.3) is 11.1 Å². The lowest BCUT2D eigenvalue weighted by molar-refractivity contribution is -0.134. The van der Waals surface area contributed by atoms with E-state index in [1.807, 2.05) is 44.2 Å². The van der Waals surface area contributed by atoms with E-state index in [2.05, 4.69) is 6.58 Å². The van der Waals surface area contributed by atoms with E-state index in [1.54, 1.807) is 11.0 Å². The fourth-order valence-electron chi connectivity index (χ4n) is 2.30. The van der Waals surface area contributed by atoms with Crippen molar-refractivity contribution in [3.63, 3.8) is 0 Å². The van der Waals surface area contributed by atoms with Gasteiger partial charge in [-0.1, -0.05) is 42.5 Å². The maximum atomic E-state index is 12.2. The summed E-state index contributed by atoms with van der Waals surface area (Å²) < 4.78 is 10.4. The normalized spacial score (nSPS) is 10.2. The summed E-state index contributed by atoms with van der Waals surface area (Å²) >= 11 is 0. The number of rotatable bonds is 7. The van der Waals surface area contributed by atoms with Crippen molar-refractivity contribution in [3.05, 3.63) is 60.6 Å². The molecule has 2 rings (SSSR count). The maximum absolute atomic E-state index is 12.2. The van der Waals surface area contributed by atoms with Gasteiger partial charge in [-0.3, -0.25) is 4.79 Å². The molecule has 0 unspecified atom stereocenters. The van der Waals surface area contributed by atoms with Gasteiger partial charge < -0.3 is 14.1 Å². The van der Waals surface area contributed by atoms with E-state index in [0.29, 0.717) is 18.7 Å². The number of likely N-dealkylation sites (N-methyl/N-ethyl adjacent to an activating group) is 1. The van der Waals surface area contributed by atoms with Gasteiger partial charge in [0, 0.05) is 18.7 Å². The van der Waals surface area contributed by atoms with Crippen LogP contribution in [0.3, 0.4) is 0 Å². The quantitative estimate of drug-likeness (QED) is 0.576. The molecule has 0 bridgehead atoms. The number of carbonyl (C=O) groups excluding carboxylic acids is 2. The number of hydrogen-bond donors (Lipinski definition) is 0. The molecule has 1 aromatic heterocycles. The number of benzene rings is 1. The summed E-state index contributed by atoms with van der Waals surface area (Å²) in [5, 5.41) is 0. The van der Waals surface area contributed by atoms with E-state index in [9.17, 15) is 9.59 Å². The van der Waals surface area contributed by atoms with Gasteiger partial charge in [0.15, 0.2) is 6.61 Å². The number of hydrogen-bond acceptors (Lipinski definition) is 4. The Bertz CT molecular complexity index is 718. The summed E-state index contributed by atoms with van der Waals surface area (Å²) in [6.45, 7) is 8.15. The standard InChI is InChI=1S/C19H21NO4/c1-4-20(12-14(2)3)17(21)13-24-19(22)18-16(10-11-23-18)15-8-6-5-7-9-15/h5-11H,2,4,12-13H2,1,3H3. The van der Waals surface area contributed by atoms with Gasteiger partial charge in [0.2, 0.25) is 5.76 Å². The first-order chi connectivity index (χ1) is 11.5. The zero-order valence-electron chi connectivity index (χ0n) is 14.0. The average Bonchev–Trinajstić information content (AvgIpc) is 3.07. The van der Waals surface area contributed by atoms with Crippen LogP contribution in [-0.2, 0) is 9.53 Å². The van der Waals surface area contributed by atoms with Crippen LogP contribution >= 0.6 is 0 Å². The number of ether oxygens (including phenoxy) is 1. The molecule has 0 N–H and O–H groups in total. The summed E-state index contributed by atoms with van der Waals surface area (Å²) in [5.74, 6) is -0.822. The molecule has 1 aromatic carbocycles. The number of nitrogens with zero attached hydrogens (tertiary/aromatic N) is 1. The van der Waals surface area contributed by atoms with E-state index in [1.165, 1.54) is 6.26 Å². The Morgan fingerprint density at radius 3 is 2.54 bits per heavy atom. The second-order valence-corrected chi connectivity index (χ2v) is 5.47. The lowest BCUT2D eigenvalue weighted by atomic mass is 10.1. The Morgan fingerprint density at radius 2 is 1.92 bits per heavy atom. The van der Waals surface area contributed by atoms with Crippen molar-refractivity contribution in [2.24, 2.45) is 0 Å². The molecule has 0 atom stereocenters. The molecule has 126 valence electrons. The van der Waals surface area contributed by atoms with Crippen LogP contribution in [0.4, 0.5) is 0 Å².